The molecule has 0 saturated carbocycles. The molecule has 4 aromatic rings. The highest BCUT2D eigenvalue weighted by Crippen LogP contribution is 2.24. The minimum Gasteiger partial charge on any atom is -0.464 e. The Kier molecular flexibility index (Phi) is 4.53. The summed E-state index contributed by atoms with van der Waals surface area (Å²) in [6.07, 6.45) is 6.52. The number of rotatable bonds is 5. The number of fused-ring (bicyclic) bond motifs is 1. The maximum absolute atomic E-state index is 12.4. The van der Waals surface area contributed by atoms with E-state index in [1.807, 2.05) is 25.1 Å². The highest BCUT2D eigenvalue weighted by Gasteiger charge is 2.11. The van der Waals surface area contributed by atoms with Crippen molar-refractivity contribution in [1.29, 1.82) is 0 Å². The number of aromatic nitrogens is 2. The van der Waals surface area contributed by atoms with Gasteiger partial charge in [-0.2, -0.15) is 0 Å². The van der Waals surface area contributed by atoms with Crippen molar-refractivity contribution in [2.75, 3.05) is 5.32 Å². The molecule has 6 heteroatoms. The van der Waals surface area contributed by atoms with Gasteiger partial charge in [0.1, 0.15) is 11.3 Å². The molecule has 0 aliphatic carbocycles. The average molecular weight is 359 g/mol. The van der Waals surface area contributed by atoms with Crippen LogP contribution in [0.4, 0.5) is 5.69 Å². The zero-order chi connectivity index (χ0) is 18.6. The van der Waals surface area contributed by atoms with Gasteiger partial charge in [-0.25, -0.2) is 4.98 Å². The first-order chi connectivity index (χ1) is 13.2. The van der Waals surface area contributed by atoms with E-state index >= 15 is 0 Å². The second kappa shape index (κ2) is 7.29. The van der Waals surface area contributed by atoms with Crippen molar-refractivity contribution in [3.05, 3.63) is 78.4 Å². The molecule has 27 heavy (non-hydrogen) atoms. The Balaban J connectivity index is 1.45. The fraction of sp³-hybridized carbons (Fsp3) is 0.0952. The van der Waals surface area contributed by atoms with Crippen LogP contribution >= 0.6 is 0 Å². The molecule has 134 valence electrons. The van der Waals surface area contributed by atoms with Crippen LogP contribution in [0.2, 0.25) is 0 Å². The summed E-state index contributed by atoms with van der Waals surface area (Å²) in [4.78, 5) is 20.5. The maximum atomic E-state index is 12.4. The molecule has 2 heterocycles. The number of amides is 1. The van der Waals surface area contributed by atoms with E-state index in [9.17, 15) is 4.79 Å². The third-order valence-corrected chi connectivity index (χ3v) is 4.04. The maximum Gasteiger partial charge on any atom is 0.237 e. The Morgan fingerprint density at radius 1 is 1.19 bits per heavy atom. The van der Waals surface area contributed by atoms with E-state index in [4.69, 9.17) is 9.15 Å². The number of benzene rings is 2. The van der Waals surface area contributed by atoms with Crippen molar-refractivity contribution in [3.63, 3.8) is 0 Å². The quantitative estimate of drug-likeness (QED) is 0.567. The highest BCUT2D eigenvalue weighted by molar-refractivity contribution is 5.95. The van der Waals surface area contributed by atoms with E-state index in [2.05, 4.69) is 15.3 Å². The number of ether oxygens (including phenoxy) is 1. The van der Waals surface area contributed by atoms with Crippen LogP contribution in [0.5, 0.6) is 11.6 Å². The minimum absolute atomic E-state index is 0.130. The number of hydrogen-bond donors (Lipinski definition) is 1. The molecule has 0 unspecified atom stereocenters. The average Bonchev–Trinajstić information content (AvgIpc) is 3.04. The molecule has 1 amide bonds. The summed E-state index contributed by atoms with van der Waals surface area (Å²) in [6, 6.07) is 13.1. The molecule has 2 aromatic carbocycles. The van der Waals surface area contributed by atoms with E-state index in [1.54, 1.807) is 42.9 Å². The van der Waals surface area contributed by atoms with Gasteiger partial charge >= 0.3 is 0 Å². The summed E-state index contributed by atoms with van der Waals surface area (Å²) in [5.41, 5.74) is 3.41. The smallest absolute Gasteiger partial charge is 0.237 e. The minimum atomic E-state index is -0.130. The zero-order valence-corrected chi connectivity index (χ0v) is 14.7. The van der Waals surface area contributed by atoms with Crippen molar-refractivity contribution in [3.8, 4) is 11.6 Å². The fourth-order valence-corrected chi connectivity index (χ4v) is 2.80. The number of hydrogen-bond acceptors (Lipinski definition) is 5. The number of carbonyl (C=O) groups excluding carboxylic acids is 1. The van der Waals surface area contributed by atoms with Crippen LogP contribution in [0.3, 0.4) is 0 Å². The first-order valence-corrected chi connectivity index (χ1v) is 8.48. The summed E-state index contributed by atoms with van der Waals surface area (Å²) in [6.45, 7) is 2.00. The molecule has 0 atom stereocenters. The number of aryl methyl sites for hydroxylation is 1. The molecular weight excluding hydrogens is 342 g/mol. The predicted octanol–water partition coefficient (Wildman–Crippen LogP) is 4.50. The van der Waals surface area contributed by atoms with Crippen LogP contribution in [-0.4, -0.2) is 15.9 Å². The molecule has 2 aromatic heterocycles. The van der Waals surface area contributed by atoms with Crippen molar-refractivity contribution in [1.82, 2.24) is 9.97 Å². The molecule has 0 aliphatic heterocycles. The summed E-state index contributed by atoms with van der Waals surface area (Å²) >= 11 is 0. The van der Waals surface area contributed by atoms with E-state index in [0.29, 0.717) is 17.3 Å². The van der Waals surface area contributed by atoms with Gasteiger partial charge in [0.25, 0.3) is 0 Å². The van der Waals surface area contributed by atoms with Gasteiger partial charge < -0.3 is 14.5 Å². The van der Waals surface area contributed by atoms with Crippen LogP contribution in [0.1, 0.15) is 11.1 Å². The zero-order valence-electron chi connectivity index (χ0n) is 14.7. The second-order valence-electron chi connectivity index (χ2n) is 6.16. The lowest BCUT2D eigenvalue weighted by molar-refractivity contribution is -0.115. The van der Waals surface area contributed by atoms with Crippen molar-refractivity contribution in [2.24, 2.45) is 0 Å². The van der Waals surface area contributed by atoms with Gasteiger partial charge in [0.05, 0.1) is 18.9 Å². The standard InChI is InChI=1S/C21H17N3O3/c1-14-5-6-18-15(13-26-19(18)9-14)10-20(25)24-16-3-2-4-17(11-16)27-21-12-22-7-8-23-21/h2-9,11-13H,10H2,1H3,(H,24,25). The van der Waals surface area contributed by atoms with E-state index in [-0.39, 0.29) is 12.3 Å². The van der Waals surface area contributed by atoms with Crippen LogP contribution in [0, 0.1) is 6.92 Å². The van der Waals surface area contributed by atoms with Crippen molar-refractivity contribution in [2.45, 2.75) is 13.3 Å². The largest absolute Gasteiger partial charge is 0.464 e. The lowest BCUT2D eigenvalue weighted by atomic mass is 10.1. The van der Waals surface area contributed by atoms with Gasteiger partial charge in [0.2, 0.25) is 11.8 Å². The van der Waals surface area contributed by atoms with Gasteiger partial charge in [-0.15, -0.1) is 0 Å². The van der Waals surface area contributed by atoms with Crippen molar-refractivity contribution < 1.29 is 13.9 Å². The number of nitrogens with zero attached hydrogens (tertiary/aromatic N) is 2. The van der Waals surface area contributed by atoms with E-state index < -0.39 is 0 Å². The Morgan fingerprint density at radius 2 is 2.11 bits per heavy atom. The Bertz CT molecular complexity index is 1090. The van der Waals surface area contributed by atoms with Crippen LogP contribution in [0.15, 0.2) is 71.7 Å². The van der Waals surface area contributed by atoms with Crippen LogP contribution in [-0.2, 0) is 11.2 Å². The Hall–Kier alpha value is -3.67. The van der Waals surface area contributed by atoms with E-state index in [0.717, 1.165) is 22.1 Å². The normalized spacial score (nSPS) is 10.7. The third-order valence-electron chi connectivity index (χ3n) is 4.04. The number of nitrogens with one attached hydrogen (secondary N) is 1. The molecule has 0 radical (unpaired) electrons. The monoisotopic (exact) mass is 359 g/mol. The topological polar surface area (TPSA) is 77.2 Å². The number of anilines is 1. The highest BCUT2D eigenvalue weighted by atomic mass is 16.5. The molecule has 1 N–H and O–H groups in total. The van der Waals surface area contributed by atoms with Gasteiger partial charge in [-0.05, 0) is 30.7 Å². The van der Waals surface area contributed by atoms with Gasteiger partial charge in [-0.1, -0.05) is 18.2 Å². The molecule has 4 rings (SSSR count). The van der Waals surface area contributed by atoms with Crippen LogP contribution in [0.25, 0.3) is 11.0 Å². The van der Waals surface area contributed by atoms with E-state index in [1.165, 1.54) is 6.20 Å². The lowest BCUT2D eigenvalue weighted by Gasteiger charge is -2.08. The summed E-state index contributed by atoms with van der Waals surface area (Å²) in [5, 5.41) is 3.84. The first-order valence-electron chi connectivity index (χ1n) is 8.48. The first kappa shape index (κ1) is 16.8. The molecule has 0 spiro atoms. The van der Waals surface area contributed by atoms with Crippen molar-refractivity contribution >= 4 is 22.6 Å². The molecule has 6 nitrogen and oxygen atoms in total. The van der Waals surface area contributed by atoms with Gasteiger partial charge in [0, 0.05) is 35.1 Å². The Labute approximate surface area is 155 Å². The summed E-state index contributed by atoms with van der Waals surface area (Å²) < 4.78 is 11.2. The second-order valence-corrected chi connectivity index (χ2v) is 6.16. The SMILES string of the molecule is Cc1ccc2c(CC(=O)Nc3cccc(Oc4cnccn4)c3)coc2c1. The van der Waals surface area contributed by atoms with Gasteiger partial charge in [-0.3, -0.25) is 9.78 Å². The summed E-state index contributed by atoms with van der Waals surface area (Å²) in [7, 11) is 0. The summed E-state index contributed by atoms with van der Waals surface area (Å²) in [5.74, 6) is 0.827. The van der Waals surface area contributed by atoms with Gasteiger partial charge in [0.15, 0.2) is 0 Å². The molecule has 0 saturated heterocycles. The predicted molar refractivity (Wildman–Crippen MR) is 102 cm³/mol. The molecular formula is C21H17N3O3. The molecule has 0 bridgehead atoms. The third kappa shape index (κ3) is 3.95. The number of carbonyl (C=O) groups is 1. The lowest BCUT2D eigenvalue weighted by Crippen LogP contribution is -2.14. The molecule has 0 aliphatic rings. The fourth-order valence-electron chi connectivity index (χ4n) is 2.80. The molecule has 0 fully saturated rings. The number of furan rings is 1. The van der Waals surface area contributed by atoms with Crippen LogP contribution < -0.4 is 10.1 Å². The Morgan fingerprint density at radius 3 is 2.96 bits per heavy atom.